The molecule has 0 saturated heterocycles. The van der Waals surface area contributed by atoms with Gasteiger partial charge in [0.05, 0.1) is 27.7 Å². The molecular formula is C8H4Cl2F2N2. The zero-order valence-corrected chi connectivity index (χ0v) is 8.28. The molecule has 0 aromatic carbocycles. The van der Waals surface area contributed by atoms with Gasteiger partial charge in [-0.2, -0.15) is 5.26 Å². The summed E-state index contributed by atoms with van der Waals surface area (Å²) < 4.78 is 25.1. The van der Waals surface area contributed by atoms with Gasteiger partial charge in [0.25, 0.3) is 6.43 Å². The highest BCUT2D eigenvalue weighted by atomic mass is 35.5. The summed E-state index contributed by atoms with van der Waals surface area (Å²) in [5, 5.41) is 8.54. The zero-order valence-electron chi connectivity index (χ0n) is 6.77. The van der Waals surface area contributed by atoms with Gasteiger partial charge in [-0.15, -0.1) is 11.6 Å². The maximum atomic E-state index is 12.5. The standard InChI is InChI=1S/C8H4Cl2F2N2/c9-1-6-7(8(11)12)4(2-13)5(10)3-14-6/h3,8H,1H2. The molecule has 1 aromatic heterocycles. The Labute approximate surface area is 89.1 Å². The van der Waals surface area contributed by atoms with Crippen molar-refractivity contribution in [2.24, 2.45) is 0 Å². The van der Waals surface area contributed by atoms with E-state index in [-0.39, 0.29) is 22.2 Å². The number of rotatable bonds is 2. The van der Waals surface area contributed by atoms with Gasteiger partial charge in [0, 0.05) is 6.20 Å². The van der Waals surface area contributed by atoms with Crippen molar-refractivity contribution in [1.82, 2.24) is 4.98 Å². The van der Waals surface area contributed by atoms with E-state index in [1.807, 2.05) is 0 Å². The third-order valence-electron chi connectivity index (χ3n) is 1.61. The highest BCUT2D eigenvalue weighted by Gasteiger charge is 2.20. The van der Waals surface area contributed by atoms with Gasteiger partial charge in [-0.25, -0.2) is 8.78 Å². The average molecular weight is 237 g/mol. The highest BCUT2D eigenvalue weighted by Crippen LogP contribution is 2.30. The minimum Gasteiger partial charge on any atom is -0.258 e. The van der Waals surface area contributed by atoms with Crippen LogP contribution in [0.2, 0.25) is 5.02 Å². The molecule has 6 heteroatoms. The molecule has 0 fully saturated rings. The number of halogens is 4. The van der Waals surface area contributed by atoms with E-state index in [1.165, 1.54) is 0 Å². The van der Waals surface area contributed by atoms with E-state index in [0.717, 1.165) is 6.20 Å². The average Bonchev–Trinajstić information content (AvgIpc) is 2.17. The Kier molecular flexibility index (Phi) is 3.62. The first-order valence-corrected chi connectivity index (χ1v) is 4.44. The summed E-state index contributed by atoms with van der Waals surface area (Å²) in [7, 11) is 0. The van der Waals surface area contributed by atoms with Crippen LogP contribution in [0.15, 0.2) is 6.20 Å². The third kappa shape index (κ3) is 1.94. The number of nitrogens with zero attached hydrogens (tertiary/aromatic N) is 2. The fraction of sp³-hybridized carbons (Fsp3) is 0.250. The Hall–Kier alpha value is -0.920. The predicted octanol–water partition coefficient (Wildman–Crippen LogP) is 3.28. The second-order valence-corrected chi connectivity index (χ2v) is 3.06. The second kappa shape index (κ2) is 4.54. The molecule has 1 aromatic rings. The van der Waals surface area contributed by atoms with Crippen LogP contribution < -0.4 is 0 Å². The fourth-order valence-corrected chi connectivity index (χ4v) is 1.40. The van der Waals surface area contributed by atoms with Crippen molar-refractivity contribution in [3.63, 3.8) is 0 Å². The third-order valence-corrected chi connectivity index (χ3v) is 2.15. The number of alkyl halides is 3. The van der Waals surface area contributed by atoms with Gasteiger partial charge >= 0.3 is 0 Å². The largest absolute Gasteiger partial charge is 0.266 e. The minimum absolute atomic E-state index is 0.0115. The first-order chi connectivity index (χ1) is 6.61. The SMILES string of the molecule is N#Cc1c(Cl)cnc(CCl)c1C(F)F. The summed E-state index contributed by atoms with van der Waals surface area (Å²) in [6.45, 7) is 0. The first-order valence-electron chi connectivity index (χ1n) is 3.53. The molecule has 0 aliphatic rings. The lowest BCUT2D eigenvalue weighted by atomic mass is 10.1. The van der Waals surface area contributed by atoms with Crippen LogP contribution in [0.4, 0.5) is 8.78 Å². The monoisotopic (exact) mass is 236 g/mol. The molecule has 14 heavy (non-hydrogen) atoms. The summed E-state index contributed by atoms with van der Waals surface area (Å²) >= 11 is 11.0. The van der Waals surface area contributed by atoms with Crippen molar-refractivity contribution in [2.75, 3.05) is 0 Å². The van der Waals surface area contributed by atoms with Crippen LogP contribution in [0.3, 0.4) is 0 Å². The van der Waals surface area contributed by atoms with Crippen molar-refractivity contribution in [3.8, 4) is 6.07 Å². The van der Waals surface area contributed by atoms with Crippen LogP contribution in [0.1, 0.15) is 23.2 Å². The van der Waals surface area contributed by atoms with E-state index >= 15 is 0 Å². The van der Waals surface area contributed by atoms with E-state index in [9.17, 15) is 8.78 Å². The number of nitriles is 1. The molecule has 0 bridgehead atoms. The molecule has 1 heterocycles. The van der Waals surface area contributed by atoms with Crippen molar-refractivity contribution in [1.29, 1.82) is 5.26 Å². The molecule has 0 atom stereocenters. The van der Waals surface area contributed by atoms with Crippen molar-refractivity contribution in [2.45, 2.75) is 12.3 Å². The highest BCUT2D eigenvalue weighted by molar-refractivity contribution is 6.31. The van der Waals surface area contributed by atoms with Gasteiger partial charge in [0.1, 0.15) is 6.07 Å². The molecule has 0 N–H and O–H groups in total. The topological polar surface area (TPSA) is 36.7 Å². The lowest BCUT2D eigenvalue weighted by Crippen LogP contribution is -2.00. The van der Waals surface area contributed by atoms with Gasteiger partial charge in [0.2, 0.25) is 0 Å². The van der Waals surface area contributed by atoms with Crippen molar-refractivity contribution < 1.29 is 8.78 Å². The van der Waals surface area contributed by atoms with E-state index in [2.05, 4.69) is 4.98 Å². The minimum atomic E-state index is -2.80. The fourth-order valence-electron chi connectivity index (χ4n) is 0.997. The maximum Gasteiger partial charge on any atom is 0.266 e. The lowest BCUT2D eigenvalue weighted by molar-refractivity contribution is 0.149. The van der Waals surface area contributed by atoms with Gasteiger partial charge in [-0.1, -0.05) is 11.6 Å². The molecule has 0 spiro atoms. The molecule has 0 amide bonds. The number of hydrogen-bond donors (Lipinski definition) is 0. The van der Waals surface area contributed by atoms with Crippen molar-refractivity contribution >= 4 is 23.2 Å². The summed E-state index contributed by atoms with van der Waals surface area (Å²) in [5.74, 6) is -0.175. The zero-order chi connectivity index (χ0) is 10.7. The number of hydrogen-bond acceptors (Lipinski definition) is 2. The van der Waals surface area contributed by atoms with E-state index < -0.39 is 12.0 Å². The maximum absolute atomic E-state index is 12.5. The summed E-state index contributed by atoms with van der Waals surface area (Å²) in [6, 6.07) is 1.61. The summed E-state index contributed by atoms with van der Waals surface area (Å²) in [5.41, 5.74) is -0.745. The lowest BCUT2D eigenvalue weighted by Gasteiger charge is -2.07. The Morgan fingerprint density at radius 3 is 2.64 bits per heavy atom. The van der Waals surface area contributed by atoms with E-state index in [0.29, 0.717) is 0 Å². The molecular weight excluding hydrogens is 233 g/mol. The summed E-state index contributed by atoms with van der Waals surface area (Å²) in [6.07, 6.45) is -1.66. The normalized spacial score (nSPS) is 10.3. The van der Waals surface area contributed by atoms with Gasteiger partial charge < -0.3 is 0 Å². The Bertz CT molecular complexity index is 388. The quantitative estimate of drug-likeness (QED) is 0.740. The molecule has 74 valence electrons. The van der Waals surface area contributed by atoms with Crippen molar-refractivity contribution in [3.05, 3.63) is 28.0 Å². The molecule has 0 radical (unpaired) electrons. The van der Waals surface area contributed by atoms with Crippen LogP contribution >= 0.6 is 23.2 Å². The van der Waals surface area contributed by atoms with Crippen LogP contribution in [0, 0.1) is 11.3 Å². The first kappa shape index (κ1) is 11.2. The number of aromatic nitrogens is 1. The van der Waals surface area contributed by atoms with Crippen LogP contribution in [0.5, 0.6) is 0 Å². The molecule has 0 aliphatic heterocycles. The predicted molar refractivity (Wildman–Crippen MR) is 48.5 cm³/mol. The van der Waals surface area contributed by atoms with Gasteiger partial charge in [-0.3, -0.25) is 4.98 Å². The Morgan fingerprint density at radius 1 is 1.57 bits per heavy atom. The summed E-state index contributed by atoms with van der Waals surface area (Å²) in [4.78, 5) is 3.63. The van der Waals surface area contributed by atoms with E-state index in [4.69, 9.17) is 28.5 Å². The van der Waals surface area contributed by atoms with Crippen LogP contribution in [-0.2, 0) is 5.88 Å². The molecule has 0 aliphatic carbocycles. The smallest absolute Gasteiger partial charge is 0.258 e. The Morgan fingerprint density at radius 2 is 2.21 bits per heavy atom. The van der Waals surface area contributed by atoms with Gasteiger partial charge in [0.15, 0.2) is 0 Å². The van der Waals surface area contributed by atoms with Crippen LogP contribution in [-0.4, -0.2) is 4.98 Å². The second-order valence-electron chi connectivity index (χ2n) is 2.39. The van der Waals surface area contributed by atoms with E-state index in [1.54, 1.807) is 6.07 Å². The molecule has 1 rings (SSSR count). The molecule has 2 nitrogen and oxygen atoms in total. The number of pyridine rings is 1. The van der Waals surface area contributed by atoms with Gasteiger partial charge in [-0.05, 0) is 0 Å². The van der Waals surface area contributed by atoms with Crippen LogP contribution in [0.25, 0.3) is 0 Å². The molecule has 0 saturated carbocycles. The Balaban J connectivity index is 3.46. The molecule has 0 unspecified atom stereocenters.